The van der Waals surface area contributed by atoms with Crippen LogP contribution in [0.3, 0.4) is 0 Å². The van der Waals surface area contributed by atoms with E-state index in [2.05, 4.69) is 26.1 Å². The highest BCUT2D eigenvalue weighted by Crippen LogP contribution is 2.01. The van der Waals surface area contributed by atoms with Crippen molar-refractivity contribution in [3.8, 4) is 0 Å². The third-order valence-corrected chi connectivity index (χ3v) is 1.22. The number of ether oxygens (including phenoxy) is 1. The zero-order valence-electron chi connectivity index (χ0n) is 8.60. The van der Waals surface area contributed by atoms with Gasteiger partial charge in [-0.15, -0.1) is 0 Å². The van der Waals surface area contributed by atoms with Crippen molar-refractivity contribution in [2.24, 2.45) is 0 Å². The van der Waals surface area contributed by atoms with E-state index >= 15 is 0 Å². The fourth-order valence-electron chi connectivity index (χ4n) is 1.02. The molecule has 0 unspecified atom stereocenters. The summed E-state index contributed by atoms with van der Waals surface area (Å²) < 4.78 is 4.85. The van der Waals surface area contributed by atoms with E-state index in [1.54, 1.807) is 0 Å². The molecule has 0 aliphatic carbocycles. The molecular weight excluding hydrogens is 154 g/mol. The maximum atomic E-state index is 10.5. The molecule has 0 bridgehead atoms. The van der Waals surface area contributed by atoms with Crippen LogP contribution in [0.2, 0.25) is 0 Å². The molecule has 12 heavy (non-hydrogen) atoms. The van der Waals surface area contributed by atoms with Crippen LogP contribution in [0.15, 0.2) is 0 Å². The van der Waals surface area contributed by atoms with Gasteiger partial charge in [0, 0.05) is 18.5 Å². The number of hydrogen-bond donors (Lipinski definition) is 1. The second-order valence-electron chi connectivity index (χ2n) is 4.10. The second kappa shape index (κ2) is 4.45. The molecule has 0 saturated carbocycles. The lowest BCUT2D eigenvalue weighted by Crippen LogP contribution is -2.44. The molecule has 1 atom stereocenters. The third kappa shape index (κ3) is 7.54. The first-order chi connectivity index (χ1) is 5.31. The van der Waals surface area contributed by atoms with E-state index in [1.807, 2.05) is 6.92 Å². The standard InChI is InChI=1S/C9H19NO2/c1-7(6-12-8(2)11)10-9(3,4)5/h7,10H,6H2,1-5H3/t7-/m0/s1. The van der Waals surface area contributed by atoms with Gasteiger partial charge in [-0.25, -0.2) is 0 Å². The number of rotatable bonds is 3. The highest BCUT2D eigenvalue weighted by molar-refractivity contribution is 5.65. The second-order valence-corrected chi connectivity index (χ2v) is 4.10. The lowest BCUT2D eigenvalue weighted by atomic mass is 10.1. The number of carbonyl (C=O) groups excluding carboxylic acids is 1. The maximum absolute atomic E-state index is 10.5. The fourth-order valence-corrected chi connectivity index (χ4v) is 1.02. The van der Waals surface area contributed by atoms with Crippen LogP contribution < -0.4 is 5.32 Å². The van der Waals surface area contributed by atoms with Gasteiger partial charge in [0.05, 0.1) is 0 Å². The first-order valence-electron chi connectivity index (χ1n) is 4.22. The molecule has 0 aromatic rings. The highest BCUT2D eigenvalue weighted by Gasteiger charge is 2.13. The molecular formula is C9H19NO2. The third-order valence-electron chi connectivity index (χ3n) is 1.22. The molecule has 3 heteroatoms. The monoisotopic (exact) mass is 173 g/mol. The summed E-state index contributed by atoms with van der Waals surface area (Å²) in [7, 11) is 0. The van der Waals surface area contributed by atoms with Gasteiger partial charge < -0.3 is 10.1 Å². The average molecular weight is 173 g/mol. The van der Waals surface area contributed by atoms with Gasteiger partial charge in [-0.3, -0.25) is 4.79 Å². The van der Waals surface area contributed by atoms with Crippen molar-refractivity contribution in [1.82, 2.24) is 5.32 Å². The Balaban J connectivity index is 3.60. The Hall–Kier alpha value is -0.570. The zero-order chi connectivity index (χ0) is 9.78. The molecule has 0 aromatic carbocycles. The van der Waals surface area contributed by atoms with Crippen molar-refractivity contribution in [2.45, 2.75) is 46.2 Å². The summed E-state index contributed by atoms with van der Waals surface area (Å²) in [4.78, 5) is 10.5. The van der Waals surface area contributed by atoms with E-state index in [9.17, 15) is 4.79 Å². The van der Waals surface area contributed by atoms with Crippen molar-refractivity contribution in [2.75, 3.05) is 6.61 Å². The number of hydrogen-bond acceptors (Lipinski definition) is 3. The normalized spacial score (nSPS) is 14.1. The van der Waals surface area contributed by atoms with Gasteiger partial charge in [0.1, 0.15) is 6.61 Å². The smallest absolute Gasteiger partial charge is 0.302 e. The topological polar surface area (TPSA) is 38.3 Å². The van der Waals surface area contributed by atoms with Crippen molar-refractivity contribution >= 4 is 5.97 Å². The molecule has 0 fully saturated rings. The van der Waals surface area contributed by atoms with E-state index in [1.165, 1.54) is 6.92 Å². The van der Waals surface area contributed by atoms with E-state index in [0.717, 1.165) is 0 Å². The molecule has 0 radical (unpaired) electrons. The predicted molar refractivity (Wildman–Crippen MR) is 49.0 cm³/mol. The SMILES string of the molecule is CC(=O)OC[C@H](C)NC(C)(C)C. The number of esters is 1. The van der Waals surface area contributed by atoms with E-state index in [4.69, 9.17) is 4.74 Å². The molecule has 0 heterocycles. The molecule has 72 valence electrons. The molecule has 0 aliphatic rings. The molecule has 0 aliphatic heterocycles. The van der Waals surface area contributed by atoms with Gasteiger partial charge in [-0.1, -0.05) is 0 Å². The van der Waals surface area contributed by atoms with Crippen LogP contribution in [0, 0.1) is 0 Å². The minimum absolute atomic E-state index is 0.0690. The van der Waals surface area contributed by atoms with Gasteiger partial charge >= 0.3 is 5.97 Å². The number of carbonyl (C=O) groups is 1. The summed E-state index contributed by atoms with van der Waals surface area (Å²) in [6.07, 6.45) is 0. The van der Waals surface area contributed by atoms with E-state index < -0.39 is 0 Å². The van der Waals surface area contributed by atoms with E-state index in [0.29, 0.717) is 6.61 Å². The van der Waals surface area contributed by atoms with Crippen LogP contribution in [0.25, 0.3) is 0 Å². The van der Waals surface area contributed by atoms with Crippen LogP contribution in [0.4, 0.5) is 0 Å². The fraction of sp³-hybridized carbons (Fsp3) is 0.889. The van der Waals surface area contributed by atoms with Crippen LogP contribution in [0.1, 0.15) is 34.6 Å². The van der Waals surface area contributed by atoms with Crippen molar-refractivity contribution < 1.29 is 9.53 Å². The zero-order valence-corrected chi connectivity index (χ0v) is 8.60. The van der Waals surface area contributed by atoms with Crippen LogP contribution in [-0.4, -0.2) is 24.2 Å². The lowest BCUT2D eigenvalue weighted by Gasteiger charge is -2.25. The van der Waals surface area contributed by atoms with Crippen molar-refractivity contribution in [3.05, 3.63) is 0 Å². The van der Waals surface area contributed by atoms with Gasteiger partial charge in [-0.2, -0.15) is 0 Å². The van der Waals surface area contributed by atoms with Crippen LogP contribution in [0.5, 0.6) is 0 Å². The molecule has 0 saturated heterocycles. The lowest BCUT2D eigenvalue weighted by molar-refractivity contribution is -0.141. The van der Waals surface area contributed by atoms with Gasteiger partial charge in [-0.05, 0) is 27.7 Å². The maximum Gasteiger partial charge on any atom is 0.302 e. The summed E-state index contributed by atoms with van der Waals surface area (Å²) >= 11 is 0. The Labute approximate surface area is 74.5 Å². The summed E-state index contributed by atoms with van der Waals surface area (Å²) in [6.45, 7) is 10.1. The van der Waals surface area contributed by atoms with Crippen molar-refractivity contribution in [3.63, 3.8) is 0 Å². The summed E-state index contributed by atoms with van der Waals surface area (Å²) in [5.41, 5.74) is 0.0690. The minimum Gasteiger partial charge on any atom is -0.464 e. The first-order valence-corrected chi connectivity index (χ1v) is 4.22. The summed E-state index contributed by atoms with van der Waals surface area (Å²) in [6, 6.07) is 0.203. The van der Waals surface area contributed by atoms with Gasteiger partial charge in [0.15, 0.2) is 0 Å². The molecule has 3 nitrogen and oxygen atoms in total. The highest BCUT2D eigenvalue weighted by atomic mass is 16.5. The Morgan fingerprint density at radius 3 is 2.33 bits per heavy atom. The summed E-state index contributed by atoms with van der Waals surface area (Å²) in [5.74, 6) is -0.224. The van der Waals surface area contributed by atoms with Crippen LogP contribution in [-0.2, 0) is 9.53 Å². The Kier molecular flexibility index (Phi) is 4.24. The first kappa shape index (κ1) is 11.4. The van der Waals surface area contributed by atoms with E-state index in [-0.39, 0.29) is 17.6 Å². The number of nitrogens with one attached hydrogen (secondary N) is 1. The molecule has 0 aromatic heterocycles. The predicted octanol–water partition coefficient (Wildman–Crippen LogP) is 1.33. The van der Waals surface area contributed by atoms with Gasteiger partial charge in [0.2, 0.25) is 0 Å². The van der Waals surface area contributed by atoms with Crippen molar-refractivity contribution in [1.29, 1.82) is 0 Å². The molecule has 0 amide bonds. The average Bonchev–Trinajstić information content (AvgIpc) is 1.79. The van der Waals surface area contributed by atoms with Gasteiger partial charge in [0.25, 0.3) is 0 Å². The Morgan fingerprint density at radius 2 is 2.00 bits per heavy atom. The molecule has 0 spiro atoms. The molecule has 1 N–H and O–H groups in total. The minimum atomic E-state index is -0.224. The van der Waals surface area contributed by atoms with Crippen LogP contribution >= 0.6 is 0 Å². The Morgan fingerprint density at radius 1 is 1.50 bits per heavy atom. The summed E-state index contributed by atoms with van der Waals surface area (Å²) in [5, 5.41) is 3.30. The Bertz CT molecular complexity index is 149. The molecule has 0 rings (SSSR count). The largest absolute Gasteiger partial charge is 0.464 e. The quantitative estimate of drug-likeness (QED) is 0.654.